The van der Waals surface area contributed by atoms with Gasteiger partial charge in [0.2, 0.25) is 5.91 Å². The molecule has 2 saturated carbocycles. The number of likely N-dealkylation sites (tertiary alicyclic amines) is 1. The first-order valence-electron chi connectivity index (χ1n) is 9.51. The van der Waals surface area contributed by atoms with Gasteiger partial charge in [-0.05, 0) is 38.5 Å². The molecule has 1 aliphatic heterocycles. The van der Waals surface area contributed by atoms with E-state index in [1.807, 2.05) is 4.90 Å². The first-order chi connectivity index (χ1) is 12.2. The second-order valence-electron chi connectivity index (χ2n) is 7.56. The molecule has 4 rings (SSSR count). The number of carbonyl (C=O) groups is 2. The number of amides is 3. The van der Waals surface area contributed by atoms with E-state index in [0.717, 1.165) is 37.9 Å². The highest BCUT2D eigenvalue weighted by Crippen LogP contribution is 2.41. The summed E-state index contributed by atoms with van der Waals surface area (Å²) in [5, 5.41) is 8.83. The number of nitrogens with one attached hydrogen (secondary N) is 2. The Hall–Kier alpha value is -1.63. The Morgan fingerprint density at radius 2 is 1.92 bits per heavy atom. The molecular formula is C18H26N4O2S. The van der Waals surface area contributed by atoms with Gasteiger partial charge in [-0.25, -0.2) is 9.78 Å². The number of aromatic nitrogens is 1. The van der Waals surface area contributed by atoms with Crippen LogP contribution >= 0.6 is 11.3 Å². The summed E-state index contributed by atoms with van der Waals surface area (Å²) in [5.74, 6) is 0.456. The zero-order valence-corrected chi connectivity index (χ0v) is 15.3. The van der Waals surface area contributed by atoms with Crippen molar-refractivity contribution in [1.82, 2.24) is 15.2 Å². The van der Waals surface area contributed by atoms with Crippen molar-refractivity contribution in [1.29, 1.82) is 0 Å². The third-order valence-corrected chi connectivity index (χ3v) is 6.29. The van der Waals surface area contributed by atoms with Gasteiger partial charge in [0.1, 0.15) is 0 Å². The zero-order chi connectivity index (χ0) is 17.2. The highest BCUT2D eigenvalue weighted by Gasteiger charge is 2.31. The van der Waals surface area contributed by atoms with E-state index in [4.69, 9.17) is 0 Å². The fraction of sp³-hybridized carbons (Fsp3) is 0.722. The molecule has 0 radical (unpaired) electrons. The first-order valence-corrected chi connectivity index (χ1v) is 10.4. The second kappa shape index (κ2) is 7.32. The van der Waals surface area contributed by atoms with E-state index in [9.17, 15) is 9.59 Å². The molecule has 1 aromatic heterocycles. The van der Waals surface area contributed by atoms with E-state index in [1.165, 1.54) is 37.0 Å². The molecule has 3 amide bonds. The number of anilines is 1. The minimum Gasteiger partial charge on any atom is -0.335 e. The fourth-order valence-corrected chi connectivity index (χ4v) is 4.62. The normalized spacial score (nSPS) is 24.3. The smallest absolute Gasteiger partial charge is 0.317 e. The molecule has 0 bridgehead atoms. The van der Waals surface area contributed by atoms with Crippen LogP contribution < -0.4 is 10.6 Å². The van der Waals surface area contributed by atoms with Crippen LogP contribution in [0.1, 0.15) is 63.0 Å². The predicted molar refractivity (Wildman–Crippen MR) is 97.8 cm³/mol. The summed E-state index contributed by atoms with van der Waals surface area (Å²) in [5.41, 5.74) is 1.11. The molecule has 25 heavy (non-hydrogen) atoms. The number of nitrogens with zero attached hydrogens (tertiary/aromatic N) is 2. The van der Waals surface area contributed by atoms with E-state index < -0.39 is 0 Å². The maximum atomic E-state index is 12.6. The third kappa shape index (κ3) is 4.14. The number of urea groups is 1. The molecular weight excluding hydrogens is 336 g/mol. The molecule has 6 nitrogen and oxygen atoms in total. The highest BCUT2D eigenvalue weighted by atomic mass is 32.1. The van der Waals surface area contributed by atoms with Gasteiger partial charge in [-0.15, -0.1) is 11.3 Å². The number of hydrogen-bond acceptors (Lipinski definition) is 4. The van der Waals surface area contributed by atoms with Crippen molar-refractivity contribution < 1.29 is 9.59 Å². The molecule has 1 saturated heterocycles. The molecule has 2 aliphatic carbocycles. The molecule has 0 aromatic carbocycles. The summed E-state index contributed by atoms with van der Waals surface area (Å²) < 4.78 is 0. The number of rotatable bonds is 4. The van der Waals surface area contributed by atoms with Crippen LogP contribution in [0.5, 0.6) is 0 Å². The average molecular weight is 362 g/mol. The molecule has 2 N–H and O–H groups in total. The Morgan fingerprint density at radius 3 is 2.68 bits per heavy atom. The molecule has 3 fully saturated rings. The lowest BCUT2D eigenvalue weighted by atomic mass is 9.97. The number of hydrogen-bond donors (Lipinski definition) is 2. The first kappa shape index (κ1) is 16.8. The number of thiazole rings is 1. The van der Waals surface area contributed by atoms with Gasteiger partial charge in [0.25, 0.3) is 0 Å². The summed E-state index contributed by atoms with van der Waals surface area (Å²) in [6.07, 6.45) is 8.70. The van der Waals surface area contributed by atoms with Gasteiger partial charge >= 0.3 is 6.03 Å². The van der Waals surface area contributed by atoms with Crippen molar-refractivity contribution in [2.45, 2.75) is 63.3 Å². The molecule has 1 aromatic rings. The van der Waals surface area contributed by atoms with Crippen LogP contribution in [0.2, 0.25) is 0 Å². The minimum absolute atomic E-state index is 0.00457. The van der Waals surface area contributed by atoms with Crippen LogP contribution in [0.25, 0.3) is 0 Å². The maximum absolute atomic E-state index is 12.6. The Kier molecular flexibility index (Phi) is 4.92. The molecule has 0 spiro atoms. The molecule has 7 heteroatoms. The largest absolute Gasteiger partial charge is 0.335 e. The molecule has 136 valence electrons. The Balaban J connectivity index is 1.30. The van der Waals surface area contributed by atoms with Gasteiger partial charge in [-0.2, -0.15) is 0 Å². The van der Waals surface area contributed by atoms with Gasteiger partial charge in [0, 0.05) is 30.4 Å². The van der Waals surface area contributed by atoms with Crippen molar-refractivity contribution >= 4 is 28.4 Å². The van der Waals surface area contributed by atoms with Crippen molar-refractivity contribution in [3.8, 4) is 0 Å². The van der Waals surface area contributed by atoms with Gasteiger partial charge in [0.15, 0.2) is 5.13 Å². The van der Waals surface area contributed by atoms with E-state index in [1.54, 1.807) is 0 Å². The van der Waals surface area contributed by atoms with Crippen LogP contribution in [0.3, 0.4) is 0 Å². The maximum Gasteiger partial charge on any atom is 0.317 e. The summed E-state index contributed by atoms with van der Waals surface area (Å²) in [6.45, 7) is 1.25. The fourth-order valence-electron chi connectivity index (χ4n) is 3.83. The van der Waals surface area contributed by atoms with Crippen LogP contribution in [-0.4, -0.2) is 41.0 Å². The quantitative estimate of drug-likeness (QED) is 0.863. The Bertz CT molecular complexity index is 637. The molecule has 2 heterocycles. The van der Waals surface area contributed by atoms with Gasteiger partial charge in [-0.1, -0.05) is 12.8 Å². The highest BCUT2D eigenvalue weighted by molar-refractivity contribution is 7.13. The van der Waals surface area contributed by atoms with E-state index in [-0.39, 0.29) is 17.9 Å². The van der Waals surface area contributed by atoms with Crippen LogP contribution in [0.4, 0.5) is 9.93 Å². The van der Waals surface area contributed by atoms with Crippen molar-refractivity contribution in [3.05, 3.63) is 11.1 Å². The van der Waals surface area contributed by atoms with Crippen molar-refractivity contribution in [2.24, 2.45) is 5.92 Å². The van der Waals surface area contributed by atoms with Gasteiger partial charge in [-0.3, -0.25) is 4.79 Å². The van der Waals surface area contributed by atoms with E-state index in [0.29, 0.717) is 23.6 Å². The van der Waals surface area contributed by atoms with Crippen molar-refractivity contribution in [2.75, 3.05) is 18.4 Å². The van der Waals surface area contributed by atoms with Gasteiger partial charge in [0.05, 0.1) is 11.6 Å². The molecule has 1 atom stereocenters. The average Bonchev–Trinajstić information content (AvgIpc) is 3.15. The topological polar surface area (TPSA) is 74.3 Å². The summed E-state index contributed by atoms with van der Waals surface area (Å²) >= 11 is 1.50. The Labute approximate surface area is 152 Å². The monoisotopic (exact) mass is 362 g/mol. The predicted octanol–water partition coefficient (Wildman–Crippen LogP) is 3.32. The zero-order valence-electron chi connectivity index (χ0n) is 14.5. The van der Waals surface area contributed by atoms with Crippen molar-refractivity contribution in [3.63, 3.8) is 0 Å². The van der Waals surface area contributed by atoms with Crippen LogP contribution in [0, 0.1) is 5.92 Å². The summed E-state index contributed by atoms with van der Waals surface area (Å²) in [4.78, 5) is 31.3. The lowest BCUT2D eigenvalue weighted by molar-refractivity contribution is -0.121. The molecule has 0 unspecified atom stereocenters. The van der Waals surface area contributed by atoms with Crippen LogP contribution in [0.15, 0.2) is 5.38 Å². The summed E-state index contributed by atoms with van der Waals surface area (Å²) in [6, 6.07) is 0.313. The standard InChI is InChI=1S/C18H26N4O2S/c23-16(21-17-20-15(11-25-17)12-7-8-12)13-4-3-9-22(10-13)18(24)19-14-5-1-2-6-14/h11-14H,1-10H2,(H,19,24)(H,20,21,23)/t13-/m0/s1. The lowest BCUT2D eigenvalue weighted by Gasteiger charge is -2.32. The SMILES string of the molecule is O=C(Nc1nc(C2CC2)cs1)[C@H]1CCCN(C(=O)NC2CCCC2)C1. The van der Waals surface area contributed by atoms with Gasteiger partial charge < -0.3 is 15.5 Å². The van der Waals surface area contributed by atoms with E-state index in [2.05, 4.69) is 21.0 Å². The minimum atomic E-state index is -0.142. The molecule has 3 aliphatic rings. The summed E-state index contributed by atoms with van der Waals surface area (Å²) in [7, 11) is 0. The number of carbonyl (C=O) groups excluding carboxylic acids is 2. The van der Waals surface area contributed by atoms with E-state index >= 15 is 0 Å². The Morgan fingerprint density at radius 1 is 1.12 bits per heavy atom. The lowest BCUT2D eigenvalue weighted by Crippen LogP contribution is -2.49. The third-order valence-electron chi connectivity index (χ3n) is 5.51. The van der Waals surface area contributed by atoms with Crippen LogP contribution in [-0.2, 0) is 4.79 Å². The number of piperidine rings is 1. The second-order valence-corrected chi connectivity index (χ2v) is 8.42.